The molecule has 0 aliphatic rings. The number of para-hydroxylation sites is 1. The van der Waals surface area contributed by atoms with E-state index < -0.39 is 5.91 Å². The normalized spacial score (nSPS) is 11.0. The Labute approximate surface area is 208 Å². The van der Waals surface area contributed by atoms with Crippen LogP contribution in [0, 0.1) is 0 Å². The van der Waals surface area contributed by atoms with Crippen LogP contribution in [-0.2, 0) is 6.61 Å². The SMILES string of the molecule is COc1ccc(C=NNC(=O)c2cc(-c3ccccc3OCc3cccc4ccccc34)n[nH]2)cc1. The Morgan fingerprint density at radius 3 is 2.61 bits per heavy atom. The molecule has 2 N–H and O–H groups in total. The van der Waals surface area contributed by atoms with Crippen LogP contribution < -0.4 is 14.9 Å². The van der Waals surface area contributed by atoms with Crippen molar-refractivity contribution < 1.29 is 14.3 Å². The third-order valence-corrected chi connectivity index (χ3v) is 5.74. The van der Waals surface area contributed by atoms with E-state index in [0.717, 1.165) is 27.8 Å². The van der Waals surface area contributed by atoms with Gasteiger partial charge >= 0.3 is 0 Å². The molecule has 0 atom stereocenters. The summed E-state index contributed by atoms with van der Waals surface area (Å²) in [6, 6.07) is 31.1. The fraction of sp³-hybridized carbons (Fsp3) is 0.0690. The van der Waals surface area contributed by atoms with Crippen molar-refractivity contribution in [1.29, 1.82) is 0 Å². The molecular formula is C29H24N4O3. The van der Waals surface area contributed by atoms with Crippen LogP contribution in [0.15, 0.2) is 102 Å². The highest BCUT2D eigenvalue weighted by Gasteiger charge is 2.14. The third kappa shape index (κ3) is 5.10. The van der Waals surface area contributed by atoms with E-state index in [-0.39, 0.29) is 0 Å². The minimum absolute atomic E-state index is 0.292. The summed E-state index contributed by atoms with van der Waals surface area (Å²) in [6.07, 6.45) is 1.56. The molecule has 0 unspecified atom stereocenters. The first-order valence-corrected chi connectivity index (χ1v) is 11.4. The molecule has 5 aromatic rings. The van der Waals surface area contributed by atoms with Crippen LogP contribution in [-0.4, -0.2) is 29.4 Å². The van der Waals surface area contributed by atoms with Gasteiger partial charge in [0.25, 0.3) is 5.91 Å². The number of hydrogen-bond donors (Lipinski definition) is 2. The maximum Gasteiger partial charge on any atom is 0.289 e. The van der Waals surface area contributed by atoms with Crippen molar-refractivity contribution in [3.05, 3.63) is 114 Å². The number of amides is 1. The van der Waals surface area contributed by atoms with Crippen molar-refractivity contribution in [3.63, 3.8) is 0 Å². The highest BCUT2D eigenvalue weighted by Crippen LogP contribution is 2.30. The number of methoxy groups -OCH3 is 1. The molecule has 0 aliphatic carbocycles. The lowest BCUT2D eigenvalue weighted by Crippen LogP contribution is -2.17. The number of carbonyl (C=O) groups is 1. The van der Waals surface area contributed by atoms with E-state index in [1.165, 1.54) is 5.39 Å². The van der Waals surface area contributed by atoms with E-state index >= 15 is 0 Å². The minimum Gasteiger partial charge on any atom is -0.497 e. The van der Waals surface area contributed by atoms with E-state index in [4.69, 9.17) is 9.47 Å². The average Bonchev–Trinajstić information content (AvgIpc) is 3.43. The maximum absolute atomic E-state index is 12.6. The van der Waals surface area contributed by atoms with E-state index in [9.17, 15) is 4.79 Å². The first kappa shape index (κ1) is 22.9. The standard InChI is InChI=1S/C29H24N4O3/c1-35-23-15-13-20(14-16-23)18-30-33-29(34)27-17-26(31-32-27)25-11-4-5-12-28(25)36-19-22-9-6-8-21-7-2-3-10-24(21)22/h2-18H,19H2,1H3,(H,31,32)(H,33,34). The van der Waals surface area contributed by atoms with Crippen LogP contribution in [0.5, 0.6) is 11.5 Å². The predicted molar refractivity (Wildman–Crippen MR) is 140 cm³/mol. The number of hydrazone groups is 1. The minimum atomic E-state index is -0.396. The summed E-state index contributed by atoms with van der Waals surface area (Å²) >= 11 is 0. The lowest BCUT2D eigenvalue weighted by Gasteiger charge is -2.12. The number of H-pyrrole nitrogens is 1. The van der Waals surface area contributed by atoms with Gasteiger partial charge in [-0.15, -0.1) is 0 Å². The summed E-state index contributed by atoms with van der Waals surface area (Å²) in [5.74, 6) is 1.04. The second kappa shape index (κ2) is 10.6. The van der Waals surface area contributed by atoms with Gasteiger partial charge in [0, 0.05) is 5.56 Å². The van der Waals surface area contributed by atoms with Gasteiger partial charge in [0.05, 0.1) is 19.0 Å². The maximum atomic E-state index is 12.6. The fourth-order valence-electron chi connectivity index (χ4n) is 3.87. The topological polar surface area (TPSA) is 88.6 Å². The Morgan fingerprint density at radius 1 is 0.972 bits per heavy atom. The van der Waals surface area contributed by atoms with E-state index in [1.807, 2.05) is 66.7 Å². The number of carbonyl (C=O) groups excluding carboxylic acids is 1. The van der Waals surface area contributed by atoms with Crippen LogP contribution >= 0.6 is 0 Å². The van der Waals surface area contributed by atoms with Crippen molar-refractivity contribution >= 4 is 22.9 Å². The molecule has 36 heavy (non-hydrogen) atoms. The molecule has 0 saturated carbocycles. The monoisotopic (exact) mass is 476 g/mol. The fourth-order valence-corrected chi connectivity index (χ4v) is 3.87. The van der Waals surface area contributed by atoms with Crippen LogP contribution in [0.25, 0.3) is 22.0 Å². The highest BCUT2D eigenvalue weighted by atomic mass is 16.5. The van der Waals surface area contributed by atoms with Crippen molar-refractivity contribution in [2.45, 2.75) is 6.61 Å². The van der Waals surface area contributed by atoms with Crippen molar-refractivity contribution in [3.8, 4) is 22.8 Å². The first-order valence-electron chi connectivity index (χ1n) is 11.4. The molecule has 7 nitrogen and oxygen atoms in total. The van der Waals surface area contributed by atoms with Gasteiger partial charge in [-0.05, 0) is 64.4 Å². The molecule has 0 spiro atoms. The zero-order chi connectivity index (χ0) is 24.7. The quantitative estimate of drug-likeness (QED) is 0.226. The number of fused-ring (bicyclic) bond motifs is 1. The molecule has 4 aromatic carbocycles. The summed E-state index contributed by atoms with van der Waals surface area (Å²) in [7, 11) is 1.61. The van der Waals surface area contributed by atoms with Gasteiger partial charge in [-0.25, -0.2) is 5.43 Å². The number of hydrogen-bond acceptors (Lipinski definition) is 5. The van der Waals surface area contributed by atoms with Gasteiger partial charge in [0.2, 0.25) is 0 Å². The van der Waals surface area contributed by atoms with Gasteiger partial charge < -0.3 is 9.47 Å². The predicted octanol–water partition coefficient (Wildman–Crippen LogP) is 5.58. The molecule has 178 valence electrons. The third-order valence-electron chi connectivity index (χ3n) is 5.74. The molecule has 0 aliphatic heterocycles. The van der Waals surface area contributed by atoms with Crippen LogP contribution in [0.2, 0.25) is 0 Å². The lowest BCUT2D eigenvalue weighted by molar-refractivity contribution is 0.0950. The molecular weight excluding hydrogens is 452 g/mol. The second-order valence-corrected chi connectivity index (χ2v) is 8.06. The van der Waals surface area contributed by atoms with Gasteiger partial charge in [0.15, 0.2) is 0 Å². The smallest absolute Gasteiger partial charge is 0.289 e. The lowest BCUT2D eigenvalue weighted by atomic mass is 10.1. The summed E-state index contributed by atoms with van der Waals surface area (Å²) in [6.45, 7) is 0.413. The molecule has 0 radical (unpaired) electrons. The average molecular weight is 477 g/mol. The first-order chi connectivity index (χ1) is 17.7. The van der Waals surface area contributed by atoms with Crippen molar-refractivity contribution in [1.82, 2.24) is 15.6 Å². The van der Waals surface area contributed by atoms with Crippen molar-refractivity contribution in [2.24, 2.45) is 5.10 Å². The summed E-state index contributed by atoms with van der Waals surface area (Å²) < 4.78 is 11.3. The Bertz CT molecular complexity index is 1520. The molecule has 0 fully saturated rings. The van der Waals surface area contributed by atoms with E-state index in [1.54, 1.807) is 19.4 Å². The zero-order valence-electron chi connectivity index (χ0n) is 19.6. The molecule has 7 heteroatoms. The summed E-state index contributed by atoms with van der Waals surface area (Å²) in [5, 5.41) is 13.5. The zero-order valence-corrected chi connectivity index (χ0v) is 19.6. The van der Waals surface area contributed by atoms with Gasteiger partial charge in [0.1, 0.15) is 23.8 Å². The number of nitrogens with zero attached hydrogens (tertiary/aromatic N) is 2. The van der Waals surface area contributed by atoms with E-state index in [0.29, 0.717) is 23.7 Å². The van der Waals surface area contributed by atoms with Crippen LogP contribution in [0.3, 0.4) is 0 Å². The number of aromatic amines is 1. The number of benzene rings is 4. The molecule has 0 bridgehead atoms. The number of rotatable bonds is 8. The summed E-state index contributed by atoms with van der Waals surface area (Å²) in [5.41, 5.74) is 6.13. The molecule has 1 heterocycles. The number of ether oxygens (including phenoxy) is 2. The Balaban J connectivity index is 1.28. The molecule has 0 saturated heterocycles. The van der Waals surface area contributed by atoms with Crippen molar-refractivity contribution in [2.75, 3.05) is 7.11 Å². The van der Waals surface area contributed by atoms with E-state index in [2.05, 4.69) is 45.0 Å². The van der Waals surface area contributed by atoms with Gasteiger partial charge in [-0.1, -0.05) is 54.6 Å². The summed E-state index contributed by atoms with van der Waals surface area (Å²) in [4.78, 5) is 12.6. The second-order valence-electron chi connectivity index (χ2n) is 8.06. The van der Waals surface area contributed by atoms with Crippen LogP contribution in [0.1, 0.15) is 21.6 Å². The number of aromatic nitrogens is 2. The Kier molecular flexibility index (Phi) is 6.71. The number of nitrogens with one attached hydrogen (secondary N) is 2. The Morgan fingerprint density at radius 2 is 1.75 bits per heavy atom. The van der Waals surface area contributed by atoms with Crippen LogP contribution in [0.4, 0.5) is 0 Å². The molecule has 1 aromatic heterocycles. The molecule has 1 amide bonds. The van der Waals surface area contributed by atoms with Gasteiger partial charge in [-0.3, -0.25) is 9.89 Å². The molecule has 5 rings (SSSR count). The highest BCUT2D eigenvalue weighted by molar-refractivity contribution is 5.94. The largest absolute Gasteiger partial charge is 0.497 e. The van der Waals surface area contributed by atoms with Gasteiger partial charge in [-0.2, -0.15) is 10.2 Å². The Hall–Kier alpha value is -4.91.